The molecule has 0 spiro atoms. The summed E-state index contributed by atoms with van der Waals surface area (Å²) in [6, 6.07) is 162. The van der Waals surface area contributed by atoms with Gasteiger partial charge in [0.05, 0.1) is 49.8 Å². The molecule has 122 heavy (non-hydrogen) atoms. The van der Waals surface area contributed by atoms with Crippen LogP contribution in [0.5, 0.6) is 0 Å². The lowest BCUT2D eigenvalue weighted by molar-refractivity contribution is 1.18. The van der Waals surface area contributed by atoms with Crippen molar-refractivity contribution in [1.29, 1.82) is 0 Å². The average Bonchev–Trinajstić information content (AvgIpc) is 1.20. The number of hydrogen-bond donors (Lipinski definition) is 0. The second-order valence-electron chi connectivity index (χ2n) is 32.9. The Labute approximate surface area is 702 Å². The fraction of sp³-hybridized carbons (Fsp3) is 0. The van der Waals surface area contributed by atoms with E-state index in [-0.39, 0.29) is 0 Å². The van der Waals surface area contributed by atoms with Crippen LogP contribution >= 0.6 is 0 Å². The number of para-hydroxylation sites is 4. The van der Waals surface area contributed by atoms with Crippen molar-refractivity contribution < 1.29 is 0 Å². The van der Waals surface area contributed by atoms with Crippen molar-refractivity contribution in [2.24, 2.45) is 0 Å². The van der Waals surface area contributed by atoms with Gasteiger partial charge in [-0.25, -0.2) is 0 Å². The van der Waals surface area contributed by atoms with E-state index in [2.05, 4.69) is 455 Å². The first kappa shape index (κ1) is 68.0. The number of aromatic nitrogens is 4. The Balaban J connectivity index is 0.000000132. The SMILES string of the molecule is c1ccc(-c2ccc(-n3c4ccccc4c4cc(-c5ccc6c(c5)c5ccccc5n6-c5ccc6c(c5)-c5cc7ccccc7c7cccc-6c57)ccc43)cc2)cc1.c1ccc(-c2cccc(-n3c4ccccc4c4cc(-c5ccc6c(c5)c5ccccc5n6-c5cc6c7ccccc7c7ccccc7c6c6c5ccc5ccccc56)ccc43)c2)cc1. The fourth-order valence-corrected chi connectivity index (χ4v) is 21.1. The van der Waals surface area contributed by atoms with Gasteiger partial charge in [-0.3, -0.25) is 0 Å². The van der Waals surface area contributed by atoms with Crippen molar-refractivity contribution in [3.63, 3.8) is 0 Å². The van der Waals surface area contributed by atoms with E-state index in [1.165, 1.54) is 241 Å². The standard InChI is InChI=1S/C62H38N2.C56H34N2/c1-2-15-39(16-3-1)41-18-14-19-44(35-41)63-56-27-12-10-24-49(56)53-36-42(30-33-58(53)63)43-31-34-59-54(37-43)50-25-11-13-28-57(50)64(59)60-38-55-48-23-7-6-21-46(48)47-22-8-9-26-51(47)62(55)61-45-20-5-4-17-40(45)29-32-52(60)61;1-2-11-35(12-3-1)36-21-25-40(26-22-36)57-52-19-8-6-15-44(52)49-31-37(23-29-54(49)57)38-24-30-55-50(32-38)45-16-7-9-20-53(45)58(55)41-27-28-43-47-18-10-17-46-42-14-5-4-13-39(42)33-51(56(46)47)48(43)34-41/h1-38H;1-34H. The molecule has 1 aliphatic carbocycles. The average molecular weight is 1550 g/mol. The number of benzene rings is 22. The van der Waals surface area contributed by atoms with E-state index in [1.807, 2.05) is 0 Å². The summed E-state index contributed by atoms with van der Waals surface area (Å²) in [5, 5.41) is 28.1. The Morgan fingerprint density at radius 2 is 0.484 bits per heavy atom. The molecule has 0 fully saturated rings. The van der Waals surface area contributed by atoms with Gasteiger partial charge in [-0.15, -0.1) is 0 Å². The predicted octanol–water partition coefficient (Wildman–Crippen LogP) is 32.1. The van der Waals surface area contributed by atoms with Gasteiger partial charge in [-0.2, -0.15) is 0 Å². The summed E-state index contributed by atoms with van der Waals surface area (Å²) in [7, 11) is 0. The molecule has 0 bridgehead atoms. The zero-order chi connectivity index (χ0) is 79.8. The van der Waals surface area contributed by atoms with Gasteiger partial charge in [0.15, 0.2) is 0 Å². The summed E-state index contributed by atoms with van der Waals surface area (Å²) in [5.74, 6) is 0. The Bertz CT molecular complexity index is 8930. The number of nitrogens with zero attached hydrogens (tertiary/aromatic N) is 4. The van der Waals surface area contributed by atoms with Gasteiger partial charge in [-0.05, 0) is 253 Å². The molecule has 564 valence electrons. The fourth-order valence-electron chi connectivity index (χ4n) is 21.1. The van der Waals surface area contributed by atoms with E-state index >= 15 is 0 Å². The Morgan fingerprint density at radius 3 is 1.05 bits per heavy atom. The second kappa shape index (κ2) is 26.7. The zero-order valence-corrected chi connectivity index (χ0v) is 66.4. The minimum Gasteiger partial charge on any atom is -0.309 e. The summed E-state index contributed by atoms with van der Waals surface area (Å²) < 4.78 is 9.80. The first-order valence-corrected chi connectivity index (χ1v) is 42.3. The van der Waals surface area contributed by atoms with Crippen LogP contribution in [0, 0.1) is 0 Å². The number of fused-ring (bicyclic) bond motifs is 27. The first-order chi connectivity index (χ1) is 60.5. The van der Waals surface area contributed by atoms with Crippen LogP contribution in [0.2, 0.25) is 0 Å². The van der Waals surface area contributed by atoms with Crippen LogP contribution in [0.15, 0.2) is 437 Å². The Kier molecular flexibility index (Phi) is 14.9. The zero-order valence-electron chi connectivity index (χ0n) is 66.4. The molecule has 4 nitrogen and oxygen atoms in total. The largest absolute Gasteiger partial charge is 0.309 e. The summed E-state index contributed by atoms with van der Waals surface area (Å²) in [4.78, 5) is 0. The van der Waals surface area contributed by atoms with Crippen LogP contribution < -0.4 is 0 Å². The van der Waals surface area contributed by atoms with Crippen LogP contribution in [0.3, 0.4) is 0 Å². The third-order valence-corrected chi connectivity index (χ3v) is 26.5. The van der Waals surface area contributed by atoms with Gasteiger partial charge < -0.3 is 18.3 Å². The Morgan fingerprint density at radius 1 is 0.123 bits per heavy atom. The molecule has 4 heteroatoms. The molecule has 4 heterocycles. The monoisotopic (exact) mass is 1540 g/mol. The highest BCUT2D eigenvalue weighted by atomic mass is 15.0. The van der Waals surface area contributed by atoms with E-state index in [0.29, 0.717) is 0 Å². The molecular weight excluding hydrogens is 1470 g/mol. The molecule has 22 aromatic carbocycles. The van der Waals surface area contributed by atoms with Gasteiger partial charge in [0.25, 0.3) is 0 Å². The topological polar surface area (TPSA) is 19.7 Å². The van der Waals surface area contributed by atoms with Crippen molar-refractivity contribution in [2.75, 3.05) is 0 Å². The van der Waals surface area contributed by atoms with Gasteiger partial charge in [-0.1, -0.05) is 315 Å². The number of hydrogen-bond acceptors (Lipinski definition) is 0. The molecule has 0 saturated heterocycles. The third-order valence-electron chi connectivity index (χ3n) is 26.5. The van der Waals surface area contributed by atoms with Crippen molar-refractivity contribution in [1.82, 2.24) is 18.3 Å². The maximum absolute atomic E-state index is 2.52. The minimum atomic E-state index is 1.16. The minimum absolute atomic E-state index is 1.16. The summed E-state index contributed by atoms with van der Waals surface area (Å²) in [6.07, 6.45) is 0. The van der Waals surface area contributed by atoms with Crippen LogP contribution in [0.25, 0.3) is 252 Å². The first-order valence-electron chi connectivity index (χ1n) is 42.3. The van der Waals surface area contributed by atoms with Crippen molar-refractivity contribution in [2.45, 2.75) is 0 Å². The van der Waals surface area contributed by atoms with E-state index in [0.717, 1.165) is 11.4 Å². The van der Waals surface area contributed by atoms with Gasteiger partial charge >= 0.3 is 0 Å². The lowest BCUT2D eigenvalue weighted by atomic mass is 9.88. The number of rotatable bonds is 8. The van der Waals surface area contributed by atoms with Crippen LogP contribution in [-0.2, 0) is 0 Å². The highest BCUT2D eigenvalue weighted by molar-refractivity contribution is 6.37. The van der Waals surface area contributed by atoms with Gasteiger partial charge in [0.1, 0.15) is 0 Å². The quantitative estimate of drug-likeness (QED) is 0.135. The molecule has 0 radical (unpaired) electrons. The molecule has 0 amide bonds. The van der Waals surface area contributed by atoms with Crippen molar-refractivity contribution in [3.05, 3.63) is 437 Å². The molecule has 27 rings (SSSR count). The molecule has 0 atom stereocenters. The lowest BCUT2D eigenvalue weighted by Gasteiger charge is -2.19. The maximum Gasteiger partial charge on any atom is 0.0547 e. The predicted molar refractivity (Wildman–Crippen MR) is 519 cm³/mol. The molecule has 26 aromatic rings. The summed E-state index contributed by atoms with van der Waals surface area (Å²) in [6.45, 7) is 0. The molecule has 0 aliphatic heterocycles. The second-order valence-corrected chi connectivity index (χ2v) is 32.9. The Hall–Kier alpha value is -16.1. The molecule has 0 unspecified atom stereocenters. The smallest absolute Gasteiger partial charge is 0.0547 e. The summed E-state index contributed by atoms with van der Waals surface area (Å²) >= 11 is 0. The van der Waals surface area contributed by atoms with Crippen LogP contribution in [-0.4, -0.2) is 18.3 Å². The lowest BCUT2D eigenvalue weighted by Crippen LogP contribution is -1.97. The summed E-state index contributed by atoms with van der Waals surface area (Å²) in [5.41, 5.74) is 29.3. The molecule has 1 aliphatic rings. The van der Waals surface area contributed by atoms with E-state index < -0.39 is 0 Å². The maximum atomic E-state index is 2.52. The van der Waals surface area contributed by atoms with E-state index in [1.54, 1.807) is 0 Å². The molecule has 0 saturated carbocycles. The normalized spacial score (nSPS) is 12.1. The van der Waals surface area contributed by atoms with Crippen molar-refractivity contribution in [3.8, 4) is 89.5 Å². The van der Waals surface area contributed by atoms with E-state index in [4.69, 9.17) is 0 Å². The van der Waals surface area contributed by atoms with Gasteiger partial charge in [0, 0.05) is 70.9 Å². The van der Waals surface area contributed by atoms with E-state index in [9.17, 15) is 0 Å². The van der Waals surface area contributed by atoms with Crippen LogP contribution in [0.1, 0.15) is 0 Å². The third kappa shape index (κ3) is 10.2. The highest BCUT2D eigenvalue weighted by Gasteiger charge is 2.27. The molecule has 4 aromatic heterocycles. The molecule has 0 N–H and O–H groups in total. The van der Waals surface area contributed by atoms with Crippen LogP contribution in [0.4, 0.5) is 0 Å². The highest BCUT2D eigenvalue weighted by Crippen LogP contribution is 2.52. The van der Waals surface area contributed by atoms with Gasteiger partial charge in [0.2, 0.25) is 0 Å². The van der Waals surface area contributed by atoms with Crippen molar-refractivity contribution >= 4 is 163 Å². The molecular formula is C118H72N4.